The summed E-state index contributed by atoms with van der Waals surface area (Å²) in [7, 11) is 0. The van der Waals surface area contributed by atoms with Gasteiger partial charge in [-0.3, -0.25) is 4.79 Å². The van der Waals surface area contributed by atoms with Crippen LogP contribution in [0.1, 0.15) is 46.5 Å². The molecule has 0 bridgehead atoms. The summed E-state index contributed by atoms with van der Waals surface area (Å²) in [5.74, 6) is 0.400. The summed E-state index contributed by atoms with van der Waals surface area (Å²) in [5, 5.41) is 2.93. The van der Waals surface area contributed by atoms with Crippen molar-refractivity contribution < 1.29 is 4.79 Å². The minimum atomic E-state index is 0.187. The molecule has 1 amide bonds. The Morgan fingerprint density at radius 3 is 2.50 bits per heavy atom. The van der Waals surface area contributed by atoms with E-state index < -0.39 is 0 Å². The zero-order valence-electron chi connectivity index (χ0n) is 8.52. The van der Waals surface area contributed by atoms with Crippen molar-refractivity contribution in [2.45, 2.75) is 46.5 Å². The van der Waals surface area contributed by atoms with Gasteiger partial charge in [0.15, 0.2) is 0 Å². The van der Waals surface area contributed by atoms with Gasteiger partial charge in [0.25, 0.3) is 0 Å². The number of rotatable bonds is 6. The van der Waals surface area contributed by atoms with Gasteiger partial charge < -0.3 is 5.32 Å². The smallest absolute Gasteiger partial charge is 0.222 e. The minimum absolute atomic E-state index is 0.187. The SMILES string of the molecule is CCCCNC(=O)[C@@H](C)CCC. The highest BCUT2D eigenvalue weighted by molar-refractivity contribution is 5.78. The lowest BCUT2D eigenvalue weighted by Crippen LogP contribution is -2.29. The topological polar surface area (TPSA) is 29.1 Å². The number of hydrogen-bond donors (Lipinski definition) is 1. The Bertz CT molecular complexity index is 123. The van der Waals surface area contributed by atoms with Crippen LogP contribution in [0.2, 0.25) is 0 Å². The van der Waals surface area contributed by atoms with Crippen LogP contribution < -0.4 is 5.32 Å². The third-order valence-electron chi connectivity index (χ3n) is 2.00. The van der Waals surface area contributed by atoms with Crippen LogP contribution in [-0.2, 0) is 4.79 Å². The van der Waals surface area contributed by atoms with E-state index in [9.17, 15) is 4.79 Å². The van der Waals surface area contributed by atoms with Gasteiger partial charge >= 0.3 is 0 Å². The highest BCUT2D eigenvalue weighted by Gasteiger charge is 2.09. The van der Waals surface area contributed by atoms with Gasteiger partial charge in [-0.1, -0.05) is 33.6 Å². The lowest BCUT2D eigenvalue weighted by Gasteiger charge is -2.10. The summed E-state index contributed by atoms with van der Waals surface area (Å²) in [4.78, 5) is 11.3. The van der Waals surface area contributed by atoms with Gasteiger partial charge in [0.2, 0.25) is 5.91 Å². The van der Waals surface area contributed by atoms with Gasteiger partial charge in [0.1, 0.15) is 0 Å². The predicted molar refractivity (Wildman–Crippen MR) is 52.0 cm³/mol. The Balaban J connectivity index is 3.43. The van der Waals surface area contributed by atoms with E-state index in [4.69, 9.17) is 0 Å². The number of nitrogens with one attached hydrogen (secondary N) is 1. The maximum atomic E-state index is 11.3. The Hall–Kier alpha value is -0.530. The Labute approximate surface area is 75.7 Å². The molecule has 0 fully saturated rings. The number of carbonyl (C=O) groups is 1. The Morgan fingerprint density at radius 1 is 1.33 bits per heavy atom. The molecule has 72 valence electrons. The molecule has 0 rings (SSSR count). The molecule has 1 N–H and O–H groups in total. The van der Waals surface area contributed by atoms with E-state index >= 15 is 0 Å². The second-order valence-corrected chi connectivity index (χ2v) is 3.33. The zero-order valence-corrected chi connectivity index (χ0v) is 8.52. The van der Waals surface area contributed by atoms with Gasteiger partial charge in [-0.25, -0.2) is 0 Å². The van der Waals surface area contributed by atoms with Crippen molar-refractivity contribution in [3.05, 3.63) is 0 Å². The van der Waals surface area contributed by atoms with E-state index in [2.05, 4.69) is 19.2 Å². The quantitative estimate of drug-likeness (QED) is 0.611. The molecule has 2 heteroatoms. The molecule has 0 aliphatic heterocycles. The first kappa shape index (κ1) is 11.5. The van der Waals surface area contributed by atoms with Gasteiger partial charge in [-0.2, -0.15) is 0 Å². The van der Waals surface area contributed by atoms with E-state index in [1.165, 1.54) is 0 Å². The maximum Gasteiger partial charge on any atom is 0.222 e. The summed E-state index contributed by atoms with van der Waals surface area (Å²) in [6.07, 6.45) is 4.31. The van der Waals surface area contributed by atoms with Crippen molar-refractivity contribution in [2.75, 3.05) is 6.54 Å². The summed E-state index contributed by atoms with van der Waals surface area (Å²) in [5.41, 5.74) is 0. The largest absolute Gasteiger partial charge is 0.356 e. The monoisotopic (exact) mass is 171 g/mol. The number of unbranched alkanes of at least 4 members (excludes halogenated alkanes) is 1. The summed E-state index contributed by atoms with van der Waals surface area (Å²) < 4.78 is 0. The fraction of sp³-hybridized carbons (Fsp3) is 0.900. The highest BCUT2D eigenvalue weighted by atomic mass is 16.1. The first-order chi connectivity index (χ1) is 5.72. The first-order valence-electron chi connectivity index (χ1n) is 5.00. The van der Waals surface area contributed by atoms with Crippen LogP contribution in [0.5, 0.6) is 0 Å². The summed E-state index contributed by atoms with van der Waals surface area (Å²) >= 11 is 0. The Morgan fingerprint density at radius 2 is 2.00 bits per heavy atom. The van der Waals surface area contributed by atoms with Crippen LogP contribution in [-0.4, -0.2) is 12.5 Å². The first-order valence-corrected chi connectivity index (χ1v) is 5.00. The summed E-state index contributed by atoms with van der Waals surface area (Å²) in [6, 6.07) is 0. The average molecular weight is 171 g/mol. The fourth-order valence-corrected chi connectivity index (χ4v) is 1.13. The third-order valence-corrected chi connectivity index (χ3v) is 2.00. The maximum absolute atomic E-state index is 11.3. The lowest BCUT2D eigenvalue weighted by molar-refractivity contribution is -0.124. The zero-order chi connectivity index (χ0) is 9.40. The van der Waals surface area contributed by atoms with Gasteiger partial charge in [-0.05, 0) is 12.8 Å². The molecule has 0 aromatic rings. The third kappa shape index (κ3) is 5.16. The molecule has 2 nitrogen and oxygen atoms in total. The minimum Gasteiger partial charge on any atom is -0.356 e. The van der Waals surface area contributed by atoms with Gasteiger partial charge in [0, 0.05) is 12.5 Å². The Kier molecular flexibility index (Phi) is 6.82. The second kappa shape index (κ2) is 7.14. The number of amides is 1. The van der Waals surface area contributed by atoms with Crippen LogP contribution >= 0.6 is 0 Å². The molecule has 0 aliphatic rings. The molecule has 0 saturated heterocycles. The van der Waals surface area contributed by atoms with Crippen molar-refractivity contribution in [3.63, 3.8) is 0 Å². The molecule has 0 saturated carbocycles. The van der Waals surface area contributed by atoms with E-state index in [1.807, 2.05) is 6.92 Å². The van der Waals surface area contributed by atoms with Crippen molar-refractivity contribution in [3.8, 4) is 0 Å². The molecule has 0 aromatic heterocycles. The van der Waals surface area contributed by atoms with Gasteiger partial charge in [-0.15, -0.1) is 0 Å². The van der Waals surface area contributed by atoms with Crippen molar-refractivity contribution >= 4 is 5.91 Å². The number of hydrogen-bond acceptors (Lipinski definition) is 1. The lowest BCUT2D eigenvalue weighted by atomic mass is 10.1. The normalized spacial score (nSPS) is 12.6. The van der Waals surface area contributed by atoms with E-state index in [0.717, 1.165) is 32.2 Å². The van der Waals surface area contributed by atoms with Crippen molar-refractivity contribution in [2.24, 2.45) is 5.92 Å². The molecule has 0 spiro atoms. The van der Waals surface area contributed by atoms with Crippen molar-refractivity contribution in [1.82, 2.24) is 5.32 Å². The predicted octanol–water partition coefficient (Wildman–Crippen LogP) is 2.34. The second-order valence-electron chi connectivity index (χ2n) is 3.33. The molecule has 0 aliphatic carbocycles. The molecule has 0 aromatic carbocycles. The fourth-order valence-electron chi connectivity index (χ4n) is 1.13. The van der Waals surface area contributed by atoms with E-state index in [0.29, 0.717) is 0 Å². The van der Waals surface area contributed by atoms with Crippen LogP contribution in [0.25, 0.3) is 0 Å². The molecular weight excluding hydrogens is 150 g/mol. The standard InChI is InChI=1S/C10H21NO/c1-4-6-8-11-10(12)9(3)7-5-2/h9H,4-8H2,1-3H3,(H,11,12)/t9-/m0/s1. The number of carbonyl (C=O) groups excluding carboxylic acids is 1. The molecular formula is C10H21NO. The van der Waals surface area contributed by atoms with Crippen LogP contribution in [0, 0.1) is 5.92 Å². The molecule has 1 atom stereocenters. The molecule has 0 heterocycles. The molecule has 0 unspecified atom stereocenters. The van der Waals surface area contributed by atoms with Crippen LogP contribution in [0.4, 0.5) is 0 Å². The van der Waals surface area contributed by atoms with Crippen LogP contribution in [0.15, 0.2) is 0 Å². The van der Waals surface area contributed by atoms with E-state index in [-0.39, 0.29) is 11.8 Å². The highest BCUT2D eigenvalue weighted by Crippen LogP contribution is 2.04. The molecule has 0 radical (unpaired) electrons. The van der Waals surface area contributed by atoms with Crippen molar-refractivity contribution in [1.29, 1.82) is 0 Å². The average Bonchev–Trinajstić information content (AvgIpc) is 2.05. The van der Waals surface area contributed by atoms with E-state index in [1.54, 1.807) is 0 Å². The summed E-state index contributed by atoms with van der Waals surface area (Å²) in [6.45, 7) is 7.06. The van der Waals surface area contributed by atoms with Crippen LogP contribution in [0.3, 0.4) is 0 Å². The molecule has 12 heavy (non-hydrogen) atoms. The van der Waals surface area contributed by atoms with Gasteiger partial charge in [0.05, 0.1) is 0 Å².